The number of aromatic nitrogens is 4. The second-order valence-electron chi connectivity index (χ2n) is 3.84. The third-order valence-electron chi connectivity index (χ3n) is 2.72. The standard InChI is InChI=1S/C11H11N5/c1-6-5-13-7-3-4-8-10(9(7)14-6)15-11(12)16(8)2/h3-5H,1-2H3,(H2,12,15)/i11+1,15+1,16+1. The van der Waals surface area contributed by atoms with Crippen LogP contribution in [0.5, 0.6) is 0 Å². The van der Waals surface area contributed by atoms with E-state index in [1.54, 1.807) is 6.20 Å². The quantitative estimate of drug-likeness (QED) is 0.616. The minimum absolute atomic E-state index is 0.491. The Morgan fingerprint density at radius 1 is 1.19 bits per heavy atom. The molecule has 0 amide bonds. The van der Waals surface area contributed by atoms with E-state index in [0.29, 0.717) is 5.95 Å². The van der Waals surface area contributed by atoms with Crippen LogP contribution in [-0.4, -0.2) is 19.5 Å². The van der Waals surface area contributed by atoms with Crippen LogP contribution in [0.1, 0.15) is 5.69 Å². The summed E-state index contributed by atoms with van der Waals surface area (Å²) in [5.41, 5.74) is 10.1. The molecule has 3 aromatic rings. The molecular formula is C11H11N5. The summed E-state index contributed by atoms with van der Waals surface area (Å²) in [6.45, 7) is 1.91. The van der Waals surface area contributed by atoms with E-state index in [2.05, 4.69) is 15.0 Å². The van der Waals surface area contributed by atoms with Crippen LogP contribution in [0.3, 0.4) is 0 Å². The van der Waals surface area contributed by atoms with Crippen molar-refractivity contribution in [2.24, 2.45) is 7.05 Å². The summed E-state index contributed by atoms with van der Waals surface area (Å²) in [5, 5.41) is 0. The van der Waals surface area contributed by atoms with E-state index in [0.717, 1.165) is 27.8 Å². The lowest BCUT2D eigenvalue weighted by atomic mass is 10.2. The van der Waals surface area contributed by atoms with Gasteiger partial charge in [0.1, 0.15) is 11.0 Å². The molecule has 80 valence electrons. The molecule has 0 atom stereocenters. The molecule has 1 aromatic carbocycles. The Kier molecular flexibility index (Phi) is 1.65. The number of nitrogens with zero attached hydrogens (tertiary/aromatic N) is 4. The van der Waals surface area contributed by atoms with E-state index in [9.17, 15) is 0 Å². The molecule has 0 aliphatic heterocycles. The van der Waals surface area contributed by atoms with Crippen molar-refractivity contribution >= 4 is 28.0 Å². The first-order valence-electron chi connectivity index (χ1n) is 5.01. The van der Waals surface area contributed by atoms with Gasteiger partial charge < -0.3 is 10.3 Å². The zero-order chi connectivity index (χ0) is 11.3. The van der Waals surface area contributed by atoms with Crippen molar-refractivity contribution in [3.63, 3.8) is 0 Å². The Balaban J connectivity index is 2.57. The van der Waals surface area contributed by atoms with Crippen LogP contribution in [0.25, 0.3) is 22.1 Å². The topological polar surface area (TPSA) is 69.6 Å². The highest BCUT2D eigenvalue weighted by Gasteiger charge is 2.09. The maximum atomic E-state index is 5.79. The largest absolute Gasteiger partial charge is 0.369 e. The highest BCUT2D eigenvalue weighted by atomic mass is 15.9. The summed E-state index contributed by atoms with van der Waals surface area (Å²) in [5.74, 6) is 0.491. The fraction of sp³-hybridized carbons (Fsp3) is 0.182. The summed E-state index contributed by atoms with van der Waals surface area (Å²) in [6, 6.07) is 3.90. The van der Waals surface area contributed by atoms with Gasteiger partial charge in [0.05, 0.1) is 16.7 Å². The van der Waals surface area contributed by atoms with Crippen molar-refractivity contribution in [2.45, 2.75) is 6.92 Å². The Morgan fingerprint density at radius 2 is 2.00 bits per heavy atom. The van der Waals surface area contributed by atoms with Crippen molar-refractivity contribution in [3.8, 4) is 0 Å². The minimum atomic E-state index is 0.491. The average molecular weight is 216 g/mol. The highest BCUT2D eigenvalue weighted by molar-refractivity contribution is 6.00. The Bertz CT molecular complexity index is 698. The molecule has 0 bridgehead atoms. The lowest BCUT2D eigenvalue weighted by Gasteiger charge is -1.99. The molecule has 0 saturated heterocycles. The summed E-state index contributed by atoms with van der Waals surface area (Å²) in [7, 11) is 1.89. The average Bonchev–Trinajstić information content (AvgIpc) is 2.56. The molecule has 2 heterocycles. The molecule has 2 aromatic heterocycles. The number of benzene rings is 1. The second kappa shape index (κ2) is 2.91. The molecule has 16 heavy (non-hydrogen) atoms. The number of nitrogens with two attached hydrogens (primary N) is 1. The predicted octanol–water partition coefficient (Wildman–Crippen LogP) is 1.41. The number of imidazole rings is 1. The maximum Gasteiger partial charge on any atom is 0.201 e. The van der Waals surface area contributed by atoms with E-state index in [1.807, 2.05) is 30.7 Å². The zero-order valence-electron chi connectivity index (χ0n) is 9.10. The lowest BCUT2D eigenvalue weighted by molar-refractivity contribution is 0.965. The van der Waals surface area contributed by atoms with Crippen LogP contribution in [0.2, 0.25) is 0 Å². The minimum Gasteiger partial charge on any atom is -0.369 e. The number of nitrogen functional groups attached to an aromatic ring is 1. The Labute approximate surface area is 91.9 Å². The smallest absolute Gasteiger partial charge is 0.201 e. The van der Waals surface area contributed by atoms with Crippen LogP contribution in [0.4, 0.5) is 5.95 Å². The SMILES string of the molecule is Cc1cnc2ccc3c([15n][13c](N)[15n]3C)c2n1. The van der Waals surface area contributed by atoms with Crippen LogP contribution in [0, 0.1) is 6.92 Å². The molecule has 3 rings (SSSR count). The summed E-state index contributed by atoms with van der Waals surface area (Å²) in [4.78, 5) is 13.1. The molecule has 0 fully saturated rings. The van der Waals surface area contributed by atoms with Gasteiger partial charge in [-0.3, -0.25) is 4.98 Å². The Morgan fingerprint density at radius 3 is 2.81 bits per heavy atom. The van der Waals surface area contributed by atoms with Gasteiger partial charge in [-0.25, -0.2) is 9.97 Å². The molecule has 5 heteroatoms. The van der Waals surface area contributed by atoms with Gasteiger partial charge in [-0.1, -0.05) is 0 Å². The van der Waals surface area contributed by atoms with Crippen molar-refractivity contribution < 1.29 is 0 Å². The molecule has 5 nitrogen and oxygen atoms in total. The van der Waals surface area contributed by atoms with Gasteiger partial charge in [0.2, 0.25) is 5.95 Å². The van der Waals surface area contributed by atoms with Crippen molar-refractivity contribution in [1.82, 2.24) is 19.5 Å². The van der Waals surface area contributed by atoms with Gasteiger partial charge in [0.15, 0.2) is 0 Å². The van der Waals surface area contributed by atoms with Crippen molar-refractivity contribution in [1.29, 1.82) is 0 Å². The summed E-state index contributed by atoms with van der Waals surface area (Å²) >= 11 is 0. The van der Waals surface area contributed by atoms with Crippen molar-refractivity contribution in [3.05, 3.63) is 24.0 Å². The van der Waals surface area contributed by atoms with Gasteiger partial charge >= 0.3 is 0 Å². The predicted molar refractivity (Wildman–Crippen MR) is 63.0 cm³/mol. The van der Waals surface area contributed by atoms with E-state index in [1.165, 1.54) is 0 Å². The fourth-order valence-corrected chi connectivity index (χ4v) is 1.83. The molecular weight excluding hydrogens is 205 g/mol. The van der Waals surface area contributed by atoms with Crippen LogP contribution in [0.15, 0.2) is 18.3 Å². The number of aryl methyl sites for hydroxylation is 2. The number of rotatable bonds is 0. The van der Waals surface area contributed by atoms with Gasteiger partial charge in [-0.15, -0.1) is 0 Å². The molecule has 0 aliphatic carbocycles. The number of hydrogen-bond acceptors (Lipinski definition) is 4. The monoisotopic (exact) mass is 216 g/mol. The zero-order valence-corrected chi connectivity index (χ0v) is 9.10. The normalized spacial score (nSPS) is 11.4. The maximum absolute atomic E-state index is 5.79. The third-order valence-corrected chi connectivity index (χ3v) is 2.72. The van der Waals surface area contributed by atoms with Gasteiger partial charge in [0, 0.05) is 13.2 Å². The molecule has 0 aliphatic rings. The number of fused-ring (bicyclic) bond motifs is 3. The fourth-order valence-electron chi connectivity index (χ4n) is 1.83. The van der Waals surface area contributed by atoms with Crippen LogP contribution < -0.4 is 5.73 Å². The van der Waals surface area contributed by atoms with E-state index in [-0.39, 0.29) is 0 Å². The molecule has 0 saturated carbocycles. The number of hydrogen-bond donors (Lipinski definition) is 1. The number of anilines is 1. The second-order valence-corrected chi connectivity index (χ2v) is 3.84. The highest BCUT2D eigenvalue weighted by Crippen LogP contribution is 2.23. The lowest BCUT2D eigenvalue weighted by Crippen LogP contribution is -1.95. The molecule has 0 unspecified atom stereocenters. The molecule has 2 N–H and O–H groups in total. The van der Waals surface area contributed by atoms with E-state index < -0.39 is 0 Å². The molecule has 0 radical (unpaired) electrons. The van der Waals surface area contributed by atoms with Crippen LogP contribution >= 0.6 is 0 Å². The van der Waals surface area contributed by atoms with Crippen molar-refractivity contribution in [2.75, 3.05) is 5.73 Å². The first-order chi connectivity index (χ1) is 7.66. The first-order valence-corrected chi connectivity index (χ1v) is 5.01. The Hall–Kier alpha value is -2.17. The first kappa shape index (κ1) is 9.08. The van der Waals surface area contributed by atoms with Gasteiger partial charge in [0.25, 0.3) is 0 Å². The summed E-state index contributed by atoms with van der Waals surface area (Å²) in [6.07, 6.45) is 1.75. The van der Waals surface area contributed by atoms with Crippen LogP contribution in [-0.2, 0) is 7.05 Å². The summed E-state index contributed by atoms with van der Waals surface area (Å²) < 4.78 is 1.85. The van der Waals surface area contributed by atoms with Gasteiger partial charge in [-0.2, -0.15) is 0 Å². The molecule has 0 spiro atoms. The van der Waals surface area contributed by atoms with E-state index in [4.69, 9.17) is 5.73 Å². The third kappa shape index (κ3) is 1.08. The van der Waals surface area contributed by atoms with E-state index >= 15 is 0 Å². The van der Waals surface area contributed by atoms with Gasteiger partial charge in [-0.05, 0) is 19.1 Å².